The Labute approximate surface area is 199 Å². The molecule has 1 aliphatic rings. The van der Waals surface area contributed by atoms with E-state index in [0.717, 1.165) is 37.7 Å². The van der Waals surface area contributed by atoms with Gasteiger partial charge in [0.2, 0.25) is 15.9 Å². The number of hydrogen-bond donors (Lipinski definition) is 3. The van der Waals surface area contributed by atoms with Crippen LogP contribution >= 0.6 is 0 Å². The van der Waals surface area contributed by atoms with Crippen LogP contribution in [0, 0.1) is 0 Å². The fourth-order valence-corrected chi connectivity index (χ4v) is 5.33. The lowest BCUT2D eigenvalue weighted by molar-refractivity contribution is -0.117. The van der Waals surface area contributed by atoms with E-state index in [2.05, 4.69) is 10.6 Å². The van der Waals surface area contributed by atoms with Crippen LogP contribution in [0.25, 0.3) is 0 Å². The van der Waals surface area contributed by atoms with Crippen LogP contribution in [0.2, 0.25) is 0 Å². The lowest BCUT2D eigenvalue weighted by Crippen LogP contribution is -2.38. The van der Waals surface area contributed by atoms with Gasteiger partial charge in [0.1, 0.15) is 0 Å². The highest BCUT2D eigenvalue weighted by Crippen LogP contribution is 2.26. The molecule has 0 atom stereocenters. The first-order valence-corrected chi connectivity index (χ1v) is 12.6. The number of nitrogens with one attached hydrogen (secondary N) is 2. The third-order valence-corrected chi connectivity index (χ3v) is 7.90. The van der Waals surface area contributed by atoms with E-state index < -0.39 is 21.8 Å². The van der Waals surface area contributed by atoms with Gasteiger partial charge in [-0.1, -0.05) is 31.4 Å². The molecule has 2 aromatic carbocycles. The smallest absolute Gasteiger partial charge is 0.251 e. The van der Waals surface area contributed by atoms with Crippen molar-refractivity contribution in [2.45, 2.75) is 49.6 Å². The molecule has 34 heavy (non-hydrogen) atoms. The van der Waals surface area contributed by atoms with Gasteiger partial charge in [-0.05, 0) is 54.8 Å². The molecule has 1 saturated carbocycles. The number of hydrogen-bond acceptors (Lipinski definition) is 5. The summed E-state index contributed by atoms with van der Waals surface area (Å²) in [6.45, 7) is -0.0138. The number of benzene rings is 2. The van der Waals surface area contributed by atoms with Crippen molar-refractivity contribution < 1.29 is 22.8 Å². The number of amides is 3. The molecule has 0 heterocycles. The standard InChI is InChI=1S/C24H30N4O5S/c1-28(20-5-3-2-4-6-20)34(32,33)21-13-11-19(12-14-21)23(30)26-15-17-7-9-18(10-8-17)24(31)27-16-22(25)29/h7-14,20H,2-6,15-16H2,1H3,(H2,25,29)(H,26,30)(H,27,31). The van der Waals surface area contributed by atoms with E-state index in [1.165, 1.54) is 28.6 Å². The van der Waals surface area contributed by atoms with E-state index in [-0.39, 0.29) is 29.9 Å². The van der Waals surface area contributed by atoms with Gasteiger partial charge in [0, 0.05) is 30.8 Å². The SMILES string of the molecule is CN(C1CCCCC1)S(=O)(=O)c1ccc(C(=O)NCc2ccc(C(=O)NCC(N)=O)cc2)cc1. The molecule has 182 valence electrons. The topological polar surface area (TPSA) is 139 Å². The predicted octanol–water partition coefficient (Wildman–Crippen LogP) is 1.78. The molecule has 0 spiro atoms. The molecule has 4 N–H and O–H groups in total. The summed E-state index contributed by atoms with van der Waals surface area (Å²) < 4.78 is 27.4. The quantitative estimate of drug-likeness (QED) is 0.496. The molecule has 2 aromatic rings. The summed E-state index contributed by atoms with van der Waals surface area (Å²) in [6.07, 6.45) is 4.96. The van der Waals surface area contributed by atoms with Gasteiger partial charge >= 0.3 is 0 Å². The Bertz CT molecular complexity index is 1120. The fraction of sp³-hybridized carbons (Fsp3) is 0.375. The largest absolute Gasteiger partial charge is 0.368 e. The summed E-state index contributed by atoms with van der Waals surface area (Å²) in [7, 11) is -1.99. The summed E-state index contributed by atoms with van der Waals surface area (Å²) in [5.74, 6) is -1.39. The van der Waals surface area contributed by atoms with E-state index in [4.69, 9.17) is 5.73 Å². The van der Waals surface area contributed by atoms with Gasteiger partial charge in [0.05, 0.1) is 11.4 Å². The van der Waals surface area contributed by atoms with Crippen LogP contribution in [0.1, 0.15) is 58.4 Å². The second-order valence-corrected chi connectivity index (χ2v) is 10.4. The van der Waals surface area contributed by atoms with E-state index >= 15 is 0 Å². The maximum atomic E-state index is 12.9. The third kappa shape index (κ3) is 6.42. The minimum absolute atomic E-state index is 0.0161. The number of sulfonamides is 1. The van der Waals surface area contributed by atoms with Crippen LogP contribution in [0.4, 0.5) is 0 Å². The summed E-state index contributed by atoms with van der Waals surface area (Å²) in [5.41, 5.74) is 6.49. The normalized spacial score (nSPS) is 14.5. The maximum absolute atomic E-state index is 12.9. The van der Waals surface area contributed by atoms with Crippen LogP contribution in [0.15, 0.2) is 53.4 Å². The van der Waals surface area contributed by atoms with Crippen molar-refractivity contribution in [3.8, 4) is 0 Å². The number of primary amides is 1. The number of nitrogens with zero attached hydrogens (tertiary/aromatic N) is 1. The highest BCUT2D eigenvalue weighted by atomic mass is 32.2. The Morgan fingerprint density at radius 1 is 0.882 bits per heavy atom. The van der Waals surface area contributed by atoms with Gasteiger partial charge in [0.25, 0.3) is 11.8 Å². The molecule has 1 fully saturated rings. The number of carbonyl (C=O) groups is 3. The van der Waals surface area contributed by atoms with Gasteiger partial charge in [-0.2, -0.15) is 4.31 Å². The van der Waals surface area contributed by atoms with Crippen LogP contribution in [0.5, 0.6) is 0 Å². The second kappa shape index (κ2) is 11.3. The van der Waals surface area contributed by atoms with E-state index in [1.54, 1.807) is 31.3 Å². The van der Waals surface area contributed by atoms with Crippen molar-refractivity contribution in [2.75, 3.05) is 13.6 Å². The number of carbonyl (C=O) groups excluding carboxylic acids is 3. The maximum Gasteiger partial charge on any atom is 0.251 e. The van der Waals surface area contributed by atoms with E-state index in [9.17, 15) is 22.8 Å². The second-order valence-electron chi connectivity index (χ2n) is 8.37. The highest BCUT2D eigenvalue weighted by molar-refractivity contribution is 7.89. The zero-order chi connectivity index (χ0) is 24.7. The number of rotatable bonds is 9. The molecule has 0 saturated heterocycles. The Kier molecular flexibility index (Phi) is 8.41. The third-order valence-electron chi connectivity index (χ3n) is 5.97. The molecule has 3 rings (SSSR count). The molecular formula is C24H30N4O5S. The van der Waals surface area contributed by atoms with Gasteiger partial charge in [-0.15, -0.1) is 0 Å². The van der Waals surface area contributed by atoms with Gasteiger partial charge in [-0.25, -0.2) is 8.42 Å². The molecule has 3 amide bonds. The monoisotopic (exact) mass is 486 g/mol. The predicted molar refractivity (Wildman–Crippen MR) is 127 cm³/mol. The van der Waals surface area contributed by atoms with Gasteiger partial charge in [-0.3, -0.25) is 14.4 Å². The molecule has 10 heteroatoms. The molecule has 0 radical (unpaired) electrons. The van der Waals surface area contributed by atoms with Crippen molar-refractivity contribution in [3.63, 3.8) is 0 Å². The zero-order valence-corrected chi connectivity index (χ0v) is 19.9. The lowest BCUT2D eigenvalue weighted by Gasteiger charge is -2.30. The average molecular weight is 487 g/mol. The van der Waals surface area contributed by atoms with Crippen molar-refractivity contribution in [1.29, 1.82) is 0 Å². The van der Waals surface area contributed by atoms with Gasteiger partial charge < -0.3 is 16.4 Å². The minimum atomic E-state index is -3.61. The Hall–Kier alpha value is -3.24. The molecule has 0 bridgehead atoms. The molecular weight excluding hydrogens is 456 g/mol. The van der Waals surface area contributed by atoms with E-state index in [0.29, 0.717) is 11.1 Å². The molecule has 0 unspecified atom stereocenters. The summed E-state index contributed by atoms with van der Waals surface area (Å²) >= 11 is 0. The Morgan fingerprint density at radius 3 is 1.97 bits per heavy atom. The molecule has 0 aromatic heterocycles. The average Bonchev–Trinajstić information content (AvgIpc) is 2.86. The Balaban J connectivity index is 1.56. The van der Waals surface area contributed by atoms with Crippen molar-refractivity contribution in [1.82, 2.24) is 14.9 Å². The van der Waals surface area contributed by atoms with Crippen molar-refractivity contribution in [3.05, 3.63) is 65.2 Å². The first-order chi connectivity index (χ1) is 16.2. The highest BCUT2D eigenvalue weighted by Gasteiger charge is 2.29. The fourth-order valence-electron chi connectivity index (χ4n) is 3.91. The van der Waals surface area contributed by atoms with Crippen LogP contribution in [-0.2, 0) is 21.4 Å². The minimum Gasteiger partial charge on any atom is -0.368 e. The molecule has 9 nitrogen and oxygen atoms in total. The molecule has 1 aliphatic carbocycles. The first kappa shape index (κ1) is 25.4. The van der Waals surface area contributed by atoms with Crippen LogP contribution in [0.3, 0.4) is 0 Å². The van der Waals surface area contributed by atoms with Crippen molar-refractivity contribution in [2.24, 2.45) is 5.73 Å². The van der Waals surface area contributed by atoms with Crippen molar-refractivity contribution >= 4 is 27.7 Å². The lowest BCUT2D eigenvalue weighted by atomic mass is 9.96. The number of nitrogens with two attached hydrogens (primary N) is 1. The van der Waals surface area contributed by atoms with Gasteiger partial charge in [0.15, 0.2) is 0 Å². The summed E-state index contributed by atoms with van der Waals surface area (Å²) in [6, 6.07) is 12.5. The summed E-state index contributed by atoms with van der Waals surface area (Å²) in [5, 5.41) is 5.18. The first-order valence-electron chi connectivity index (χ1n) is 11.2. The Morgan fingerprint density at radius 2 is 1.41 bits per heavy atom. The zero-order valence-electron chi connectivity index (χ0n) is 19.1. The van der Waals surface area contributed by atoms with E-state index in [1.807, 2.05) is 0 Å². The molecule has 0 aliphatic heterocycles. The van der Waals surface area contributed by atoms with Crippen LogP contribution in [-0.4, -0.2) is 50.1 Å². The van der Waals surface area contributed by atoms with Crippen LogP contribution < -0.4 is 16.4 Å². The summed E-state index contributed by atoms with van der Waals surface area (Å²) in [4.78, 5) is 35.3.